The van der Waals surface area contributed by atoms with Crippen molar-refractivity contribution >= 4 is 15.9 Å². The number of nitrogens with zero attached hydrogens (tertiary/aromatic N) is 3. The van der Waals surface area contributed by atoms with Gasteiger partial charge in [-0.3, -0.25) is 9.78 Å². The molecule has 3 rings (SSSR count). The third-order valence-electron chi connectivity index (χ3n) is 4.60. The molecule has 114 valence electrons. The van der Waals surface area contributed by atoms with Gasteiger partial charge in [0.15, 0.2) is 0 Å². The fourth-order valence-corrected chi connectivity index (χ4v) is 4.73. The monoisotopic (exact) mass is 309 g/mol. The summed E-state index contributed by atoms with van der Waals surface area (Å²) in [5.74, 6) is -0.0248. The molecule has 0 radical (unpaired) electrons. The number of piperidine rings is 1. The topological polar surface area (TPSA) is 70.6 Å². The molecule has 7 heteroatoms. The zero-order valence-electron chi connectivity index (χ0n) is 12.0. The molecule has 1 aromatic rings. The van der Waals surface area contributed by atoms with E-state index in [4.69, 9.17) is 0 Å². The minimum absolute atomic E-state index is 0.0248. The van der Waals surface area contributed by atoms with E-state index in [1.807, 2.05) is 0 Å². The van der Waals surface area contributed by atoms with Gasteiger partial charge in [0.25, 0.3) is 5.91 Å². The van der Waals surface area contributed by atoms with Crippen molar-refractivity contribution in [2.24, 2.45) is 0 Å². The largest absolute Gasteiger partial charge is 0.338 e. The number of likely N-dealkylation sites (tertiary alicyclic amines) is 1. The Morgan fingerprint density at radius 2 is 1.90 bits per heavy atom. The molecule has 0 N–H and O–H groups in total. The Labute approximate surface area is 124 Å². The van der Waals surface area contributed by atoms with Crippen LogP contribution in [0.25, 0.3) is 0 Å². The van der Waals surface area contributed by atoms with Crippen LogP contribution in [0.3, 0.4) is 0 Å². The lowest BCUT2D eigenvalue weighted by Crippen LogP contribution is -2.65. The summed E-state index contributed by atoms with van der Waals surface area (Å²) in [6.07, 6.45) is 6.80. The van der Waals surface area contributed by atoms with Crippen molar-refractivity contribution in [1.82, 2.24) is 14.2 Å². The van der Waals surface area contributed by atoms with E-state index in [0.717, 1.165) is 6.42 Å². The molecule has 1 aromatic heterocycles. The molecule has 21 heavy (non-hydrogen) atoms. The normalized spacial score (nSPS) is 22.0. The number of rotatable bonds is 2. The summed E-state index contributed by atoms with van der Waals surface area (Å²) in [6.45, 7) is 1.80. The van der Waals surface area contributed by atoms with Gasteiger partial charge in [-0.15, -0.1) is 0 Å². The fourth-order valence-electron chi connectivity index (χ4n) is 3.33. The molecule has 6 nitrogen and oxygen atoms in total. The van der Waals surface area contributed by atoms with E-state index in [2.05, 4.69) is 4.98 Å². The maximum Gasteiger partial charge on any atom is 0.255 e. The smallest absolute Gasteiger partial charge is 0.255 e. The van der Waals surface area contributed by atoms with E-state index < -0.39 is 10.0 Å². The summed E-state index contributed by atoms with van der Waals surface area (Å²) in [4.78, 5) is 18.1. The van der Waals surface area contributed by atoms with E-state index >= 15 is 0 Å². The van der Waals surface area contributed by atoms with Gasteiger partial charge in [-0.05, 0) is 31.4 Å². The summed E-state index contributed by atoms with van der Waals surface area (Å²) in [5.41, 5.74) is 0.335. The van der Waals surface area contributed by atoms with Gasteiger partial charge < -0.3 is 4.90 Å². The molecule has 2 fully saturated rings. The Balaban J connectivity index is 1.68. The quantitative estimate of drug-likeness (QED) is 0.807. The van der Waals surface area contributed by atoms with Crippen LogP contribution in [0.1, 0.15) is 29.6 Å². The lowest BCUT2D eigenvalue weighted by molar-refractivity contribution is 0.00695. The van der Waals surface area contributed by atoms with Crippen LogP contribution in [-0.4, -0.2) is 59.9 Å². The first kappa shape index (κ1) is 14.5. The van der Waals surface area contributed by atoms with Crippen LogP contribution >= 0.6 is 0 Å². The molecule has 0 saturated carbocycles. The number of aromatic nitrogens is 1. The number of pyridine rings is 1. The van der Waals surface area contributed by atoms with Crippen molar-refractivity contribution in [2.75, 3.05) is 25.9 Å². The molecule has 2 saturated heterocycles. The minimum atomic E-state index is -3.14. The Morgan fingerprint density at radius 3 is 2.38 bits per heavy atom. The van der Waals surface area contributed by atoms with Crippen LogP contribution in [0.2, 0.25) is 0 Å². The highest BCUT2D eigenvalue weighted by Gasteiger charge is 2.51. The van der Waals surface area contributed by atoms with Crippen LogP contribution in [-0.2, 0) is 10.0 Å². The summed E-state index contributed by atoms with van der Waals surface area (Å²) in [5, 5.41) is 0. The SMILES string of the molecule is CS(=O)(=O)N1CCC12CCN(C(=O)c1cccnc1)CC2. The first-order chi connectivity index (χ1) is 9.92. The number of hydrogen-bond acceptors (Lipinski definition) is 4. The molecule has 1 amide bonds. The standard InChI is InChI=1S/C14H19N3O3S/c1-21(19,20)17-10-6-14(17)4-8-16(9-5-14)13(18)12-3-2-7-15-11-12/h2-3,7,11H,4-6,8-10H2,1H3. The van der Waals surface area contributed by atoms with Crippen molar-refractivity contribution in [3.05, 3.63) is 30.1 Å². The van der Waals surface area contributed by atoms with Gasteiger partial charge in [-0.25, -0.2) is 8.42 Å². The molecule has 3 heterocycles. The number of carbonyl (C=O) groups is 1. The molecule has 1 spiro atoms. The van der Waals surface area contributed by atoms with Gasteiger partial charge in [0.05, 0.1) is 11.8 Å². The molecule has 0 aliphatic carbocycles. The van der Waals surface area contributed by atoms with E-state index in [1.54, 1.807) is 33.7 Å². The van der Waals surface area contributed by atoms with Crippen molar-refractivity contribution < 1.29 is 13.2 Å². The van der Waals surface area contributed by atoms with Gasteiger partial charge in [0.1, 0.15) is 0 Å². The van der Waals surface area contributed by atoms with E-state index in [1.165, 1.54) is 6.26 Å². The zero-order valence-corrected chi connectivity index (χ0v) is 12.8. The average molecular weight is 309 g/mol. The minimum Gasteiger partial charge on any atom is -0.338 e. The predicted octanol–water partition coefficient (Wildman–Crippen LogP) is 0.722. The van der Waals surface area contributed by atoms with Gasteiger partial charge in [0.2, 0.25) is 10.0 Å². The molecular formula is C14H19N3O3S. The van der Waals surface area contributed by atoms with Crippen LogP contribution in [0.4, 0.5) is 0 Å². The molecule has 0 bridgehead atoms. The number of amides is 1. The highest BCUT2D eigenvalue weighted by atomic mass is 32.2. The molecule has 2 aliphatic rings. The molecule has 0 unspecified atom stereocenters. The number of carbonyl (C=O) groups excluding carboxylic acids is 1. The summed E-state index contributed by atoms with van der Waals surface area (Å²) in [7, 11) is -3.14. The Hall–Kier alpha value is -1.47. The highest BCUT2D eigenvalue weighted by molar-refractivity contribution is 7.88. The molecule has 0 aromatic carbocycles. The van der Waals surface area contributed by atoms with Crippen molar-refractivity contribution in [3.8, 4) is 0 Å². The van der Waals surface area contributed by atoms with E-state index in [9.17, 15) is 13.2 Å². The summed E-state index contributed by atoms with van der Waals surface area (Å²) in [6, 6.07) is 3.50. The van der Waals surface area contributed by atoms with Gasteiger partial charge in [-0.2, -0.15) is 4.31 Å². The summed E-state index contributed by atoms with van der Waals surface area (Å²) >= 11 is 0. The number of hydrogen-bond donors (Lipinski definition) is 0. The summed E-state index contributed by atoms with van der Waals surface area (Å²) < 4.78 is 25.1. The van der Waals surface area contributed by atoms with Crippen molar-refractivity contribution in [1.29, 1.82) is 0 Å². The second-order valence-electron chi connectivity index (χ2n) is 5.84. The zero-order chi connectivity index (χ0) is 15.1. The van der Waals surface area contributed by atoms with Crippen LogP contribution in [0.5, 0.6) is 0 Å². The second-order valence-corrected chi connectivity index (χ2v) is 7.75. The van der Waals surface area contributed by atoms with Crippen molar-refractivity contribution in [2.45, 2.75) is 24.8 Å². The molecule has 0 atom stereocenters. The lowest BCUT2D eigenvalue weighted by Gasteiger charge is -2.54. The third kappa shape index (κ3) is 2.55. The second kappa shape index (κ2) is 5.06. The average Bonchev–Trinajstić information content (AvgIpc) is 2.45. The van der Waals surface area contributed by atoms with Crippen LogP contribution in [0, 0.1) is 0 Å². The predicted molar refractivity (Wildman–Crippen MR) is 78.3 cm³/mol. The first-order valence-electron chi connectivity index (χ1n) is 7.10. The van der Waals surface area contributed by atoms with Crippen LogP contribution in [0.15, 0.2) is 24.5 Å². The fraction of sp³-hybridized carbons (Fsp3) is 0.571. The maximum atomic E-state index is 12.3. The van der Waals surface area contributed by atoms with Crippen LogP contribution < -0.4 is 0 Å². The van der Waals surface area contributed by atoms with Gasteiger partial charge >= 0.3 is 0 Å². The maximum absolute atomic E-state index is 12.3. The van der Waals surface area contributed by atoms with Crippen molar-refractivity contribution in [3.63, 3.8) is 0 Å². The first-order valence-corrected chi connectivity index (χ1v) is 8.94. The van der Waals surface area contributed by atoms with Gasteiger partial charge in [-0.1, -0.05) is 0 Å². The molecule has 2 aliphatic heterocycles. The third-order valence-corrected chi connectivity index (χ3v) is 5.97. The van der Waals surface area contributed by atoms with Gasteiger partial charge in [0, 0.05) is 37.6 Å². The number of sulfonamides is 1. The highest BCUT2D eigenvalue weighted by Crippen LogP contribution is 2.41. The lowest BCUT2D eigenvalue weighted by atomic mass is 9.79. The van der Waals surface area contributed by atoms with E-state index in [-0.39, 0.29) is 11.4 Å². The Morgan fingerprint density at radius 1 is 1.24 bits per heavy atom. The Bertz CT molecular complexity index is 637. The van der Waals surface area contributed by atoms with E-state index in [0.29, 0.717) is 38.0 Å². The molecular weight excluding hydrogens is 290 g/mol. The Kier molecular flexibility index (Phi) is 3.49.